The van der Waals surface area contributed by atoms with Crippen LogP contribution in [0.3, 0.4) is 0 Å². The molecule has 0 aliphatic rings. The number of non-ortho nitro benzene ring substituents is 1. The third-order valence-electron chi connectivity index (χ3n) is 5.10. The van der Waals surface area contributed by atoms with Crippen LogP contribution in [-0.4, -0.2) is 9.49 Å². The number of hydrogen-bond donors (Lipinski definition) is 0. The van der Waals surface area contributed by atoms with Crippen LogP contribution in [0, 0.1) is 28.4 Å². The van der Waals surface area contributed by atoms with Gasteiger partial charge in [-0.1, -0.05) is 48.0 Å². The number of benzene rings is 3. The SMILES string of the molecule is Cc1ccc(Cn2cc(/C=C(\C#N)c3ccc([N+](=O)[O-])cc3)c3ccccc32)cc1. The standard InChI is InChI=1S/C25H19N3O2/c1-18-6-8-19(9-7-18)16-27-17-22(24-4-2-3-5-25(24)27)14-21(15-26)20-10-12-23(13-11-20)28(29)30/h2-14,17H,16H2,1H3/b21-14+. The number of aromatic nitrogens is 1. The maximum atomic E-state index is 10.9. The number of rotatable bonds is 5. The maximum absolute atomic E-state index is 10.9. The van der Waals surface area contributed by atoms with E-state index in [0.717, 1.165) is 23.0 Å². The van der Waals surface area contributed by atoms with E-state index in [1.54, 1.807) is 12.1 Å². The summed E-state index contributed by atoms with van der Waals surface area (Å²) in [6.45, 7) is 2.80. The van der Waals surface area contributed by atoms with Crippen LogP contribution < -0.4 is 0 Å². The second-order valence-corrected chi connectivity index (χ2v) is 7.19. The molecule has 1 heterocycles. The average Bonchev–Trinajstić information content (AvgIpc) is 3.11. The van der Waals surface area contributed by atoms with Crippen molar-refractivity contribution in [2.24, 2.45) is 0 Å². The first kappa shape index (κ1) is 19.2. The predicted octanol–water partition coefficient (Wildman–Crippen LogP) is 5.97. The lowest BCUT2D eigenvalue weighted by atomic mass is 10.0. The quantitative estimate of drug-likeness (QED) is 0.238. The van der Waals surface area contributed by atoms with Crippen molar-refractivity contribution in [3.63, 3.8) is 0 Å². The Morgan fingerprint density at radius 1 is 1.07 bits per heavy atom. The molecule has 0 radical (unpaired) electrons. The van der Waals surface area contributed by atoms with Gasteiger partial charge >= 0.3 is 0 Å². The van der Waals surface area contributed by atoms with Crippen LogP contribution in [0.1, 0.15) is 22.3 Å². The van der Waals surface area contributed by atoms with E-state index in [2.05, 4.69) is 47.9 Å². The first-order valence-electron chi connectivity index (χ1n) is 9.55. The summed E-state index contributed by atoms with van der Waals surface area (Å²) in [5.41, 5.74) is 5.57. The number of para-hydroxylation sites is 1. The first-order valence-corrected chi connectivity index (χ1v) is 9.55. The van der Waals surface area contributed by atoms with Gasteiger partial charge in [-0.15, -0.1) is 0 Å². The van der Waals surface area contributed by atoms with E-state index in [-0.39, 0.29) is 5.69 Å². The van der Waals surface area contributed by atoms with E-state index in [1.165, 1.54) is 23.3 Å². The number of fused-ring (bicyclic) bond motifs is 1. The lowest BCUT2D eigenvalue weighted by molar-refractivity contribution is -0.384. The number of nitro benzene ring substituents is 1. The highest BCUT2D eigenvalue weighted by Gasteiger charge is 2.11. The smallest absolute Gasteiger partial charge is 0.269 e. The third-order valence-corrected chi connectivity index (χ3v) is 5.10. The fraction of sp³-hybridized carbons (Fsp3) is 0.0800. The summed E-state index contributed by atoms with van der Waals surface area (Å²) >= 11 is 0. The first-order chi connectivity index (χ1) is 14.5. The van der Waals surface area contributed by atoms with Gasteiger partial charge in [-0.25, -0.2) is 0 Å². The third kappa shape index (κ3) is 3.85. The van der Waals surface area contributed by atoms with Crippen LogP contribution in [0.25, 0.3) is 22.6 Å². The van der Waals surface area contributed by atoms with Gasteiger partial charge < -0.3 is 4.57 Å². The molecule has 0 fully saturated rings. The van der Waals surface area contributed by atoms with Crippen LogP contribution in [0.5, 0.6) is 0 Å². The summed E-state index contributed by atoms with van der Waals surface area (Å²) in [6.07, 6.45) is 3.89. The Bertz CT molecular complexity index is 1290. The van der Waals surface area contributed by atoms with Crippen LogP contribution in [0.15, 0.2) is 79.0 Å². The summed E-state index contributed by atoms with van der Waals surface area (Å²) in [7, 11) is 0. The minimum atomic E-state index is -0.446. The molecule has 0 spiro atoms. The van der Waals surface area contributed by atoms with Crippen molar-refractivity contribution in [1.82, 2.24) is 4.57 Å². The Morgan fingerprint density at radius 3 is 2.43 bits per heavy atom. The zero-order chi connectivity index (χ0) is 21.1. The zero-order valence-corrected chi connectivity index (χ0v) is 16.4. The summed E-state index contributed by atoms with van der Waals surface area (Å²) in [5.74, 6) is 0. The topological polar surface area (TPSA) is 71.9 Å². The number of hydrogen-bond acceptors (Lipinski definition) is 3. The van der Waals surface area contributed by atoms with E-state index >= 15 is 0 Å². The van der Waals surface area contributed by atoms with Crippen molar-refractivity contribution in [3.8, 4) is 6.07 Å². The predicted molar refractivity (Wildman–Crippen MR) is 119 cm³/mol. The summed E-state index contributed by atoms with van der Waals surface area (Å²) in [5, 5.41) is 21.6. The van der Waals surface area contributed by atoms with Gasteiger partial charge in [-0.3, -0.25) is 10.1 Å². The minimum absolute atomic E-state index is 0.00532. The van der Waals surface area contributed by atoms with Crippen molar-refractivity contribution in [1.29, 1.82) is 5.26 Å². The fourth-order valence-corrected chi connectivity index (χ4v) is 3.51. The Kier molecular flexibility index (Phi) is 5.15. The molecule has 0 saturated carbocycles. The molecule has 0 bridgehead atoms. The Hall–Kier alpha value is -4.17. The van der Waals surface area contributed by atoms with Crippen LogP contribution >= 0.6 is 0 Å². The lowest BCUT2D eigenvalue weighted by Gasteiger charge is -2.06. The number of aryl methyl sites for hydroxylation is 1. The van der Waals surface area contributed by atoms with Gasteiger partial charge in [-0.2, -0.15) is 5.26 Å². The molecule has 0 amide bonds. The van der Waals surface area contributed by atoms with E-state index in [9.17, 15) is 15.4 Å². The van der Waals surface area contributed by atoms with E-state index < -0.39 is 4.92 Å². The van der Waals surface area contributed by atoms with E-state index in [1.807, 2.05) is 30.5 Å². The fourth-order valence-electron chi connectivity index (χ4n) is 3.51. The molecule has 146 valence electrons. The number of nitro groups is 1. The molecule has 0 saturated heterocycles. The van der Waals surface area contributed by atoms with Gasteiger partial charge in [0.05, 0.1) is 16.6 Å². The molecule has 1 aromatic heterocycles. The normalized spacial score (nSPS) is 11.4. The van der Waals surface area contributed by atoms with Crippen molar-refractivity contribution in [3.05, 3.63) is 111 Å². The monoisotopic (exact) mass is 393 g/mol. The van der Waals surface area contributed by atoms with Crippen molar-refractivity contribution >= 4 is 28.2 Å². The molecule has 0 N–H and O–H groups in total. The summed E-state index contributed by atoms with van der Waals surface area (Å²) in [6, 6.07) is 24.8. The second-order valence-electron chi connectivity index (χ2n) is 7.19. The Labute approximate surface area is 174 Å². The van der Waals surface area contributed by atoms with Gasteiger partial charge in [0.25, 0.3) is 5.69 Å². The van der Waals surface area contributed by atoms with Crippen molar-refractivity contribution in [2.45, 2.75) is 13.5 Å². The van der Waals surface area contributed by atoms with Crippen LogP contribution in [-0.2, 0) is 6.54 Å². The number of allylic oxidation sites excluding steroid dienone is 1. The Balaban J connectivity index is 1.75. The van der Waals surface area contributed by atoms with Gasteiger partial charge in [0.15, 0.2) is 0 Å². The highest BCUT2D eigenvalue weighted by atomic mass is 16.6. The van der Waals surface area contributed by atoms with Crippen molar-refractivity contribution < 1.29 is 4.92 Å². The molecular formula is C25H19N3O2. The van der Waals surface area contributed by atoms with Crippen LogP contribution in [0.4, 0.5) is 5.69 Å². The Morgan fingerprint density at radius 2 is 1.77 bits per heavy atom. The molecule has 5 nitrogen and oxygen atoms in total. The lowest BCUT2D eigenvalue weighted by Crippen LogP contribution is -1.97. The number of nitrogens with zero attached hydrogens (tertiary/aromatic N) is 3. The highest BCUT2D eigenvalue weighted by Crippen LogP contribution is 2.27. The van der Waals surface area contributed by atoms with Gasteiger partial charge in [-0.05, 0) is 42.3 Å². The highest BCUT2D eigenvalue weighted by molar-refractivity contribution is 5.98. The molecule has 4 rings (SSSR count). The molecule has 0 atom stereocenters. The summed E-state index contributed by atoms with van der Waals surface area (Å²) in [4.78, 5) is 10.4. The van der Waals surface area contributed by atoms with E-state index in [4.69, 9.17) is 0 Å². The molecule has 0 unspecified atom stereocenters. The van der Waals surface area contributed by atoms with Gasteiger partial charge in [0, 0.05) is 41.3 Å². The maximum Gasteiger partial charge on any atom is 0.269 e. The van der Waals surface area contributed by atoms with Crippen molar-refractivity contribution in [2.75, 3.05) is 0 Å². The van der Waals surface area contributed by atoms with Gasteiger partial charge in [0.1, 0.15) is 0 Å². The molecule has 30 heavy (non-hydrogen) atoms. The molecular weight excluding hydrogens is 374 g/mol. The molecule has 0 aliphatic heterocycles. The second kappa shape index (κ2) is 8.06. The molecule has 0 aliphatic carbocycles. The summed E-state index contributed by atoms with van der Waals surface area (Å²) < 4.78 is 2.18. The number of nitriles is 1. The molecule has 3 aromatic carbocycles. The average molecular weight is 393 g/mol. The molecule has 4 aromatic rings. The largest absolute Gasteiger partial charge is 0.342 e. The van der Waals surface area contributed by atoms with Gasteiger partial charge in [0.2, 0.25) is 0 Å². The van der Waals surface area contributed by atoms with Crippen LogP contribution in [0.2, 0.25) is 0 Å². The zero-order valence-electron chi connectivity index (χ0n) is 16.4. The minimum Gasteiger partial charge on any atom is -0.342 e. The molecule has 5 heteroatoms. The van der Waals surface area contributed by atoms with E-state index in [0.29, 0.717) is 11.1 Å².